The summed E-state index contributed by atoms with van der Waals surface area (Å²) in [5.41, 5.74) is 0. The summed E-state index contributed by atoms with van der Waals surface area (Å²) in [6.07, 6.45) is 0.000278. The summed E-state index contributed by atoms with van der Waals surface area (Å²) in [7, 11) is 1.66. The van der Waals surface area contributed by atoms with E-state index in [9.17, 15) is 0 Å². The second kappa shape index (κ2) is 3.91. The average molecular weight is 144 g/mol. The zero-order valence-corrected chi connectivity index (χ0v) is 6.30. The SMILES string of the molecule is [CH2]C(OC)C1COCCN1. The first-order chi connectivity index (χ1) is 4.84. The van der Waals surface area contributed by atoms with Gasteiger partial charge in [-0.15, -0.1) is 0 Å². The number of methoxy groups -OCH3 is 1. The fraction of sp³-hybridized carbons (Fsp3) is 0.857. The molecule has 59 valence electrons. The molecule has 0 bridgehead atoms. The Balaban J connectivity index is 2.24. The Morgan fingerprint density at radius 2 is 2.60 bits per heavy atom. The Labute approximate surface area is 61.7 Å². The predicted octanol–water partition coefficient (Wildman–Crippen LogP) is -0.176. The van der Waals surface area contributed by atoms with Gasteiger partial charge in [0.25, 0.3) is 0 Å². The van der Waals surface area contributed by atoms with Crippen molar-refractivity contribution in [1.29, 1.82) is 0 Å². The molecule has 10 heavy (non-hydrogen) atoms. The Kier molecular flexibility index (Phi) is 3.12. The van der Waals surface area contributed by atoms with Gasteiger partial charge in [0.15, 0.2) is 0 Å². The highest BCUT2D eigenvalue weighted by atomic mass is 16.5. The average Bonchev–Trinajstić information content (AvgIpc) is 2.05. The second-order valence-corrected chi connectivity index (χ2v) is 2.41. The van der Waals surface area contributed by atoms with Crippen molar-refractivity contribution >= 4 is 0 Å². The van der Waals surface area contributed by atoms with Gasteiger partial charge in [-0.1, -0.05) is 0 Å². The maximum atomic E-state index is 5.22. The van der Waals surface area contributed by atoms with Crippen LogP contribution in [0.3, 0.4) is 0 Å². The van der Waals surface area contributed by atoms with Crippen LogP contribution in [0.4, 0.5) is 0 Å². The minimum absolute atomic E-state index is 0.000278. The van der Waals surface area contributed by atoms with Crippen molar-refractivity contribution < 1.29 is 9.47 Å². The smallest absolute Gasteiger partial charge is 0.0747 e. The number of rotatable bonds is 2. The summed E-state index contributed by atoms with van der Waals surface area (Å²) in [6.45, 7) is 6.23. The summed E-state index contributed by atoms with van der Waals surface area (Å²) in [4.78, 5) is 0. The molecule has 3 heteroatoms. The predicted molar refractivity (Wildman–Crippen MR) is 38.8 cm³/mol. The van der Waals surface area contributed by atoms with E-state index in [0.717, 1.165) is 13.2 Å². The van der Waals surface area contributed by atoms with E-state index in [1.165, 1.54) is 0 Å². The minimum Gasteiger partial charge on any atom is -0.380 e. The Hall–Kier alpha value is -0.120. The van der Waals surface area contributed by atoms with E-state index in [2.05, 4.69) is 12.2 Å². The summed E-state index contributed by atoms with van der Waals surface area (Å²) in [6, 6.07) is 0.263. The molecule has 1 fully saturated rings. The molecule has 1 radical (unpaired) electrons. The molecule has 0 amide bonds. The Morgan fingerprint density at radius 3 is 3.10 bits per heavy atom. The van der Waals surface area contributed by atoms with Crippen LogP contribution in [0.25, 0.3) is 0 Å². The molecule has 1 aliphatic heterocycles. The van der Waals surface area contributed by atoms with Gasteiger partial charge in [-0.25, -0.2) is 0 Å². The molecule has 1 aliphatic rings. The highest BCUT2D eigenvalue weighted by Crippen LogP contribution is 2.00. The van der Waals surface area contributed by atoms with E-state index in [4.69, 9.17) is 9.47 Å². The fourth-order valence-electron chi connectivity index (χ4n) is 0.989. The molecule has 1 N–H and O–H groups in total. The summed E-state index contributed by atoms with van der Waals surface area (Å²) in [5, 5.41) is 3.26. The van der Waals surface area contributed by atoms with Crippen LogP contribution in [-0.2, 0) is 9.47 Å². The lowest BCUT2D eigenvalue weighted by molar-refractivity contribution is 0.0158. The third-order valence-electron chi connectivity index (χ3n) is 1.70. The fourth-order valence-corrected chi connectivity index (χ4v) is 0.989. The lowest BCUT2D eigenvalue weighted by Crippen LogP contribution is -2.48. The van der Waals surface area contributed by atoms with Gasteiger partial charge in [-0.05, 0) is 6.92 Å². The molecule has 1 saturated heterocycles. The molecule has 0 aromatic heterocycles. The normalized spacial score (nSPS) is 30.0. The highest BCUT2D eigenvalue weighted by Gasteiger charge is 2.18. The molecular weight excluding hydrogens is 130 g/mol. The van der Waals surface area contributed by atoms with Crippen molar-refractivity contribution in [2.75, 3.05) is 26.9 Å². The van der Waals surface area contributed by atoms with Crippen molar-refractivity contribution in [3.05, 3.63) is 6.92 Å². The van der Waals surface area contributed by atoms with E-state index in [1.807, 2.05) is 0 Å². The number of nitrogens with one attached hydrogen (secondary N) is 1. The third-order valence-corrected chi connectivity index (χ3v) is 1.70. The van der Waals surface area contributed by atoms with Crippen LogP contribution >= 0.6 is 0 Å². The van der Waals surface area contributed by atoms with E-state index in [1.54, 1.807) is 7.11 Å². The minimum atomic E-state index is 0.000278. The molecule has 1 rings (SSSR count). The van der Waals surface area contributed by atoms with E-state index in [-0.39, 0.29) is 12.1 Å². The van der Waals surface area contributed by atoms with Crippen LogP contribution in [0.2, 0.25) is 0 Å². The zero-order valence-electron chi connectivity index (χ0n) is 6.30. The van der Waals surface area contributed by atoms with Gasteiger partial charge in [0.05, 0.1) is 25.4 Å². The van der Waals surface area contributed by atoms with Crippen molar-refractivity contribution in [2.45, 2.75) is 12.1 Å². The number of hydrogen-bond donors (Lipinski definition) is 1. The monoisotopic (exact) mass is 144 g/mol. The topological polar surface area (TPSA) is 30.5 Å². The van der Waals surface area contributed by atoms with Crippen LogP contribution in [-0.4, -0.2) is 39.0 Å². The lowest BCUT2D eigenvalue weighted by atomic mass is 10.2. The van der Waals surface area contributed by atoms with Gasteiger partial charge >= 0.3 is 0 Å². The first-order valence-corrected chi connectivity index (χ1v) is 3.51. The van der Waals surface area contributed by atoms with Gasteiger partial charge in [0.2, 0.25) is 0 Å². The van der Waals surface area contributed by atoms with Crippen LogP contribution in [0, 0.1) is 6.92 Å². The van der Waals surface area contributed by atoms with Gasteiger partial charge in [0, 0.05) is 13.7 Å². The maximum absolute atomic E-state index is 5.22. The molecule has 0 saturated carbocycles. The van der Waals surface area contributed by atoms with Gasteiger partial charge < -0.3 is 14.8 Å². The summed E-state index contributed by atoms with van der Waals surface area (Å²) < 4.78 is 10.3. The standard InChI is InChI=1S/C7H14NO2/c1-6(9-2)7-5-10-4-3-8-7/h6-8H,1,3-5H2,2H3. The summed E-state index contributed by atoms with van der Waals surface area (Å²) in [5.74, 6) is 0. The van der Waals surface area contributed by atoms with Crippen molar-refractivity contribution in [1.82, 2.24) is 5.32 Å². The first kappa shape index (κ1) is 7.98. The number of ether oxygens (including phenoxy) is 2. The van der Waals surface area contributed by atoms with Gasteiger partial charge in [-0.2, -0.15) is 0 Å². The van der Waals surface area contributed by atoms with Gasteiger partial charge in [-0.3, -0.25) is 0 Å². The largest absolute Gasteiger partial charge is 0.380 e. The molecule has 2 unspecified atom stereocenters. The van der Waals surface area contributed by atoms with Gasteiger partial charge in [0.1, 0.15) is 0 Å². The first-order valence-electron chi connectivity index (χ1n) is 3.51. The Bertz CT molecular complexity index is 91.6. The molecule has 0 aromatic carbocycles. The van der Waals surface area contributed by atoms with Crippen LogP contribution in [0.15, 0.2) is 0 Å². The van der Waals surface area contributed by atoms with Crippen molar-refractivity contribution in [2.24, 2.45) is 0 Å². The Morgan fingerprint density at radius 1 is 1.80 bits per heavy atom. The molecule has 1 heterocycles. The van der Waals surface area contributed by atoms with E-state index < -0.39 is 0 Å². The molecule has 2 atom stereocenters. The number of morpholine rings is 1. The van der Waals surface area contributed by atoms with E-state index in [0.29, 0.717) is 6.61 Å². The molecule has 0 aliphatic carbocycles. The highest BCUT2D eigenvalue weighted by molar-refractivity contribution is 4.80. The molecule has 3 nitrogen and oxygen atoms in total. The van der Waals surface area contributed by atoms with Crippen LogP contribution in [0.5, 0.6) is 0 Å². The van der Waals surface area contributed by atoms with Crippen LogP contribution in [0.1, 0.15) is 0 Å². The maximum Gasteiger partial charge on any atom is 0.0747 e. The van der Waals surface area contributed by atoms with Crippen molar-refractivity contribution in [3.63, 3.8) is 0 Å². The molecule has 0 aromatic rings. The molecule has 0 spiro atoms. The zero-order chi connectivity index (χ0) is 7.40. The van der Waals surface area contributed by atoms with Crippen molar-refractivity contribution in [3.8, 4) is 0 Å². The lowest BCUT2D eigenvalue weighted by Gasteiger charge is -2.27. The third kappa shape index (κ3) is 1.94. The second-order valence-electron chi connectivity index (χ2n) is 2.41. The number of hydrogen-bond acceptors (Lipinski definition) is 3. The summed E-state index contributed by atoms with van der Waals surface area (Å²) >= 11 is 0. The van der Waals surface area contributed by atoms with Crippen LogP contribution < -0.4 is 5.32 Å². The van der Waals surface area contributed by atoms with E-state index >= 15 is 0 Å². The quantitative estimate of drug-likeness (QED) is 0.583. The molecular formula is C7H14NO2.